The number of hydrogen-bond donors (Lipinski definition) is 2. The third kappa shape index (κ3) is 3.77. The van der Waals surface area contributed by atoms with E-state index in [1.54, 1.807) is 11.3 Å². The van der Waals surface area contributed by atoms with Gasteiger partial charge in [0.1, 0.15) is 4.83 Å². The van der Waals surface area contributed by atoms with Gasteiger partial charge < -0.3 is 10.3 Å². The van der Waals surface area contributed by atoms with Crippen LogP contribution in [0.15, 0.2) is 9.95 Å². The minimum Gasteiger partial charge on any atom is -0.351 e. The number of nitrogens with one attached hydrogen (secondary N) is 2. The maximum Gasteiger partial charge on any atom is 0.260 e. The Morgan fingerprint density at radius 3 is 2.83 bits per heavy atom. The number of hydrogen-bond acceptors (Lipinski definition) is 5. The lowest BCUT2D eigenvalue weighted by Crippen LogP contribution is -2.41. The number of nitrogens with zero attached hydrogens (tertiary/aromatic N) is 1. The molecule has 5 nitrogen and oxygen atoms in total. The summed E-state index contributed by atoms with van der Waals surface area (Å²) < 4.78 is 0. The van der Waals surface area contributed by atoms with Gasteiger partial charge >= 0.3 is 0 Å². The zero-order valence-electron chi connectivity index (χ0n) is 13.6. The Balaban J connectivity index is 1.80. The van der Waals surface area contributed by atoms with E-state index in [1.165, 1.54) is 28.6 Å². The summed E-state index contributed by atoms with van der Waals surface area (Å²) in [6.07, 6.45) is 4.35. The molecule has 2 N–H and O–H groups in total. The van der Waals surface area contributed by atoms with Gasteiger partial charge in [0.2, 0.25) is 5.91 Å². The van der Waals surface area contributed by atoms with Crippen molar-refractivity contribution in [2.75, 3.05) is 5.75 Å². The van der Waals surface area contributed by atoms with Gasteiger partial charge in [-0.1, -0.05) is 11.8 Å². The SMILES string of the molecule is CC(C)(C)NC(=O)CSc1nc2sc3c(c2c(=O)[nH]1)CCCC3. The van der Waals surface area contributed by atoms with Gasteiger partial charge in [-0.25, -0.2) is 4.98 Å². The largest absolute Gasteiger partial charge is 0.351 e. The predicted octanol–water partition coefficient (Wildman–Crippen LogP) is 2.87. The Morgan fingerprint density at radius 1 is 1.35 bits per heavy atom. The molecule has 0 unspecified atom stereocenters. The fourth-order valence-corrected chi connectivity index (χ4v) is 4.78. The van der Waals surface area contributed by atoms with Crippen LogP contribution in [0.25, 0.3) is 10.2 Å². The molecule has 0 atom stereocenters. The van der Waals surface area contributed by atoms with Crippen LogP contribution < -0.4 is 10.9 Å². The number of rotatable bonds is 3. The number of carbonyl (C=O) groups is 1. The number of H-pyrrole nitrogens is 1. The number of carbonyl (C=O) groups excluding carboxylic acids is 1. The summed E-state index contributed by atoms with van der Waals surface area (Å²) in [5.41, 5.74) is 0.857. The van der Waals surface area contributed by atoms with Crippen molar-refractivity contribution in [3.8, 4) is 0 Å². The van der Waals surface area contributed by atoms with Gasteiger partial charge in [-0.3, -0.25) is 9.59 Å². The first-order valence-corrected chi connectivity index (χ1v) is 9.62. The van der Waals surface area contributed by atoms with Crippen molar-refractivity contribution >= 4 is 39.2 Å². The molecule has 0 aromatic carbocycles. The summed E-state index contributed by atoms with van der Waals surface area (Å²) in [5, 5.41) is 4.18. The molecule has 0 saturated carbocycles. The Hall–Kier alpha value is -1.34. The van der Waals surface area contributed by atoms with E-state index < -0.39 is 0 Å². The minimum atomic E-state index is -0.255. The fraction of sp³-hybridized carbons (Fsp3) is 0.562. The van der Waals surface area contributed by atoms with Gasteiger partial charge in [-0.15, -0.1) is 11.3 Å². The second kappa shape index (κ2) is 6.28. The third-order valence-electron chi connectivity index (χ3n) is 3.66. The second-order valence-corrected chi connectivity index (χ2v) is 8.90. The fourth-order valence-electron chi connectivity index (χ4n) is 2.80. The maximum absolute atomic E-state index is 12.4. The average molecular weight is 351 g/mol. The van der Waals surface area contributed by atoms with E-state index in [1.807, 2.05) is 20.8 Å². The third-order valence-corrected chi connectivity index (χ3v) is 5.72. The highest BCUT2D eigenvalue weighted by Gasteiger charge is 2.20. The number of amides is 1. The number of aryl methyl sites for hydroxylation is 2. The summed E-state index contributed by atoms with van der Waals surface area (Å²) >= 11 is 2.90. The van der Waals surface area contributed by atoms with Crippen LogP contribution in [0.3, 0.4) is 0 Å². The first-order valence-electron chi connectivity index (χ1n) is 7.82. The summed E-state index contributed by atoms with van der Waals surface area (Å²) in [7, 11) is 0. The Morgan fingerprint density at radius 2 is 2.09 bits per heavy atom. The van der Waals surface area contributed by atoms with Crippen LogP contribution in [0.1, 0.15) is 44.1 Å². The van der Waals surface area contributed by atoms with E-state index in [0.29, 0.717) is 5.16 Å². The lowest BCUT2D eigenvalue weighted by atomic mass is 9.97. The van der Waals surface area contributed by atoms with Gasteiger partial charge in [0.05, 0.1) is 11.1 Å². The molecule has 7 heteroatoms. The van der Waals surface area contributed by atoms with Crippen LogP contribution >= 0.6 is 23.1 Å². The zero-order chi connectivity index (χ0) is 16.6. The van der Waals surface area contributed by atoms with E-state index in [-0.39, 0.29) is 22.8 Å². The van der Waals surface area contributed by atoms with Crippen LogP contribution in [0.5, 0.6) is 0 Å². The molecule has 23 heavy (non-hydrogen) atoms. The normalized spacial score (nSPS) is 14.7. The highest BCUT2D eigenvalue weighted by molar-refractivity contribution is 7.99. The van der Waals surface area contributed by atoms with E-state index in [0.717, 1.165) is 29.5 Å². The molecule has 0 spiro atoms. The molecule has 0 saturated heterocycles. The standard InChI is InChI=1S/C16H21N3O2S2/c1-16(2,3)19-11(20)8-22-15-17-13(21)12-9-6-4-5-7-10(9)23-14(12)18-15/h4-8H2,1-3H3,(H,19,20)(H,17,18,21). The predicted molar refractivity (Wildman–Crippen MR) is 95.5 cm³/mol. The highest BCUT2D eigenvalue weighted by atomic mass is 32.2. The zero-order valence-corrected chi connectivity index (χ0v) is 15.2. The lowest BCUT2D eigenvalue weighted by molar-refractivity contribution is -0.119. The molecule has 1 aliphatic carbocycles. The quantitative estimate of drug-likeness (QED) is 0.659. The summed E-state index contributed by atoms with van der Waals surface area (Å²) in [4.78, 5) is 33.8. The minimum absolute atomic E-state index is 0.0595. The second-order valence-electron chi connectivity index (χ2n) is 6.85. The number of aromatic nitrogens is 2. The van der Waals surface area contributed by atoms with E-state index in [9.17, 15) is 9.59 Å². The maximum atomic E-state index is 12.4. The van der Waals surface area contributed by atoms with Crippen LogP contribution in [-0.2, 0) is 17.6 Å². The topological polar surface area (TPSA) is 74.8 Å². The van der Waals surface area contributed by atoms with Crippen molar-refractivity contribution in [1.29, 1.82) is 0 Å². The first kappa shape index (κ1) is 16.5. The van der Waals surface area contributed by atoms with Gasteiger partial charge in [0, 0.05) is 10.4 Å². The van der Waals surface area contributed by atoms with Crippen molar-refractivity contribution in [2.45, 2.75) is 57.1 Å². The molecule has 0 radical (unpaired) electrons. The summed E-state index contributed by atoms with van der Waals surface area (Å²) in [6.45, 7) is 5.83. The first-order chi connectivity index (χ1) is 10.8. The van der Waals surface area contributed by atoms with E-state index in [2.05, 4.69) is 15.3 Å². The smallest absolute Gasteiger partial charge is 0.260 e. The van der Waals surface area contributed by atoms with E-state index >= 15 is 0 Å². The monoisotopic (exact) mass is 351 g/mol. The number of fused-ring (bicyclic) bond motifs is 3. The van der Waals surface area contributed by atoms with Crippen LogP contribution in [-0.4, -0.2) is 27.2 Å². The van der Waals surface area contributed by atoms with Gasteiger partial charge in [-0.05, 0) is 52.0 Å². The molecule has 0 bridgehead atoms. The van der Waals surface area contributed by atoms with Crippen molar-refractivity contribution in [3.05, 3.63) is 20.8 Å². The molecule has 2 aromatic rings. The lowest BCUT2D eigenvalue weighted by Gasteiger charge is -2.20. The molecular weight excluding hydrogens is 330 g/mol. The summed E-state index contributed by atoms with van der Waals surface area (Å²) in [6, 6.07) is 0. The molecule has 0 fully saturated rings. The van der Waals surface area contributed by atoms with Crippen molar-refractivity contribution in [2.24, 2.45) is 0 Å². The highest BCUT2D eigenvalue weighted by Crippen LogP contribution is 2.34. The van der Waals surface area contributed by atoms with Crippen molar-refractivity contribution in [1.82, 2.24) is 15.3 Å². The Bertz CT molecular complexity index is 802. The van der Waals surface area contributed by atoms with Crippen molar-refractivity contribution in [3.63, 3.8) is 0 Å². The number of thioether (sulfide) groups is 1. The van der Waals surface area contributed by atoms with Gasteiger partial charge in [-0.2, -0.15) is 0 Å². The number of thiophene rings is 1. The van der Waals surface area contributed by atoms with Crippen LogP contribution in [0.4, 0.5) is 0 Å². The van der Waals surface area contributed by atoms with Gasteiger partial charge in [0.15, 0.2) is 5.16 Å². The Labute approximate surface area is 143 Å². The van der Waals surface area contributed by atoms with Crippen molar-refractivity contribution < 1.29 is 4.79 Å². The Kier molecular flexibility index (Phi) is 4.51. The molecule has 0 aliphatic heterocycles. The van der Waals surface area contributed by atoms with E-state index in [4.69, 9.17) is 0 Å². The number of aromatic amines is 1. The molecule has 1 amide bonds. The molecule has 2 heterocycles. The van der Waals surface area contributed by atoms with Crippen LogP contribution in [0, 0.1) is 0 Å². The molecule has 2 aromatic heterocycles. The molecule has 124 valence electrons. The average Bonchev–Trinajstić information content (AvgIpc) is 2.82. The molecular formula is C16H21N3O2S2. The van der Waals surface area contributed by atoms with Crippen LogP contribution in [0.2, 0.25) is 0 Å². The molecule has 3 rings (SSSR count). The van der Waals surface area contributed by atoms with Gasteiger partial charge in [0.25, 0.3) is 5.56 Å². The molecule has 1 aliphatic rings. The summed E-state index contributed by atoms with van der Waals surface area (Å²) in [5.74, 6) is 0.187.